The molecule has 0 aliphatic carbocycles. The fourth-order valence-electron chi connectivity index (χ4n) is 2.60. The highest BCUT2D eigenvalue weighted by Gasteiger charge is 2.30. The van der Waals surface area contributed by atoms with Crippen LogP contribution in [0, 0.1) is 24.0 Å². The van der Waals surface area contributed by atoms with Gasteiger partial charge in [-0.1, -0.05) is 6.07 Å². The first-order chi connectivity index (χ1) is 13.1. The summed E-state index contributed by atoms with van der Waals surface area (Å²) in [6.45, 7) is 2.64. The lowest BCUT2D eigenvalue weighted by Crippen LogP contribution is -2.36. The fraction of sp³-hybridized carbons (Fsp3) is 0.278. The Kier molecular flexibility index (Phi) is 6.24. The van der Waals surface area contributed by atoms with E-state index in [1.54, 1.807) is 13.8 Å². The molecule has 150 valence electrons. The van der Waals surface area contributed by atoms with E-state index in [1.165, 1.54) is 37.4 Å². The van der Waals surface area contributed by atoms with Crippen LogP contribution < -0.4 is 9.04 Å². The van der Waals surface area contributed by atoms with Gasteiger partial charge in [0.15, 0.2) is 0 Å². The van der Waals surface area contributed by atoms with Crippen molar-refractivity contribution >= 4 is 27.4 Å². The zero-order valence-electron chi connectivity index (χ0n) is 15.8. The molecule has 0 bridgehead atoms. The first-order valence-electron chi connectivity index (χ1n) is 8.11. The average molecular weight is 408 g/mol. The van der Waals surface area contributed by atoms with Crippen LogP contribution in [-0.4, -0.2) is 40.1 Å². The number of hydrogen-bond donors (Lipinski definition) is 0. The number of nitrogens with zero attached hydrogens (tertiary/aromatic N) is 2. The molecule has 9 nitrogen and oxygen atoms in total. The normalized spacial score (nSPS) is 11.0. The van der Waals surface area contributed by atoms with Crippen molar-refractivity contribution in [2.45, 2.75) is 18.7 Å². The first-order valence-corrected chi connectivity index (χ1v) is 9.55. The largest absolute Gasteiger partial charge is 0.496 e. The van der Waals surface area contributed by atoms with E-state index < -0.39 is 27.5 Å². The third kappa shape index (κ3) is 4.22. The molecule has 2 aromatic carbocycles. The Balaban J connectivity index is 2.66. The molecule has 0 radical (unpaired) electrons. The van der Waals surface area contributed by atoms with Crippen molar-refractivity contribution < 1.29 is 27.6 Å². The highest BCUT2D eigenvalue weighted by molar-refractivity contribution is 7.92. The molecular weight excluding hydrogens is 388 g/mol. The number of aryl methyl sites for hydroxylation is 2. The van der Waals surface area contributed by atoms with E-state index in [4.69, 9.17) is 4.74 Å². The van der Waals surface area contributed by atoms with Gasteiger partial charge in [-0.25, -0.2) is 8.42 Å². The third-order valence-corrected chi connectivity index (χ3v) is 5.88. The van der Waals surface area contributed by atoms with E-state index in [2.05, 4.69) is 4.74 Å². The molecule has 28 heavy (non-hydrogen) atoms. The van der Waals surface area contributed by atoms with Crippen LogP contribution in [-0.2, 0) is 19.6 Å². The predicted octanol–water partition coefficient (Wildman–Crippen LogP) is 2.59. The first kappa shape index (κ1) is 21.2. The van der Waals surface area contributed by atoms with Crippen LogP contribution in [0.4, 0.5) is 11.4 Å². The van der Waals surface area contributed by atoms with E-state index >= 15 is 0 Å². The monoisotopic (exact) mass is 408 g/mol. The smallest absolute Gasteiger partial charge is 0.326 e. The van der Waals surface area contributed by atoms with E-state index in [0.29, 0.717) is 16.9 Å². The van der Waals surface area contributed by atoms with Crippen molar-refractivity contribution in [3.05, 3.63) is 57.6 Å². The number of nitro groups is 1. The standard InChI is InChI=1S/C18H20N2O7S/c1-12-5-6-14(20(22)23)10-16(12)19(11-18(21)27-4)28(24,25)15-7-8-17(26-3)13(2)9-15/h5-10H,11H2,1-4H3. The SMILES string of the molecule is COC(=O)CN(c1cc([N+](=O)[O-])ccc1C)S(=O)(=O)c1ccc(OC)c(C)c1. The van der Waals surface area contributed by atoms with E-state index in [9.17, 15) is 23.3 Å². The van der Waals surface area contributed by atoms with Gasteiger partial charge < -0.3 is 9.47 Å². The predicted molar refractivity (Wildman–Crippen MR) is 102 cm³/mol. The van der Waals surface area contributed by atoms with Crippen molar-refractivity contribution in [3.63, 3.8) is 0 Å². The summed E-state index contributed by atoms with van der Waals surface area (Å²) in [6.07, 6.45) is 0. The van der Waals surface area contributed by atoms with Gasteiger partial charge in [-0.15, -0.1) is 0 Å². The van der Waals surface area contributed by atoms with Crippen LogP contribution in [0.15, 0.2) is 41.3 Å². The van der Waals surface area contributed by atoms with Gasteiger partial charge in [0.05, 0.1) is 29.7 Å². The lowest BCUT2D eigenvalue weighted by molar-refractivity contribution is -0.384. The summed E-state index contributed by atoms with van der Waals surface area (Å²) in [6, 6.07) is 8.06. The van der Waals surface area contributed by atoms with Gasteiger partial charge in [-0.3, -0.25) is 19.2 Å². The Hall–Kier alpha value is -3.14. The maximum absolute atomic E-state index is 13.3. The number of nitro benzene ring substituents is 1. The van der Waals surface area contributed by atoms with Crippen molar-refractivity contribution in [1.29, 1.82) is 0 Å². The molecular formula is C18H20N2O7S. The summed E-state index contributed by atoms with van der Waals surface area (Å²) >= 11 is 0. The molecule has 0 heterocycles. The molecule has 0 atom stereocenters. The molecule has 0 spiro atoms. The summed E-state index contributed by atoms with van der Waals surface area (Å²) in [4.78, 5) is 22.3. The molecule has 0 fully saturated rings. The van der Waals surface area contributed by atoms with Gasteiger partial charge in [0.25, 0.3) is 15.7 Å². The summed E-state index contributed by atoms with van der Waals surface area (Å²) in [5.41, 5.74) is 0.755. The van der Waals surface area contributed by atoms with Crippen molar-refractivity contribution in [1.82, 2.24) is 0 Å². The minimum atomic E-state index is -4.22. The van der Waals surface area contributed by atoms with Gasteiger partial charge in [0.1, 0.15) is 12.3 Å². The third-order valence-electron chi connectivity index (χ3n) is 4.13. The van der Waals surface area contributed by atoms with Crippen molar-refractivity contribution in [2.24, 2.45) is 0 Å². The molecule has 0 amide bonds. The quantitative estimate of drug-likeness (QED) is 0.393. The summed E-state index contributed by atoms with van der Waals surface area (Å²) in [7, 11) is -1.62. The summed E-state index contributed by atoms with van der Waals surface area (Å²) in [5, 5.41) is 11.1. The summed E-state index contributed by atoms with van der Waals surface area (Å²) < 4.78 is 37.1. The van der Waals surface area contributed by atoms with Gasteiger partial charge in [-0.2, -0.15) is 0 Å². The van der Waals surface area contributed by atoms with E-state index in [-0.39, 0.29) is 16.3 Å². The second-order valence-electron chi connectivity index (χ2n) is 5.95. The Bertz CT molecular complexity index is 1020. The van der Waals surface area contributed by atoms with Crippen LogP contribution in [0.2, 0.25) is 0 Å². The molecule has 2 rings (SSSR count). The lowest BCUT2D eigenvalue weighted by atomic mass is 10.2. The van der Waals surface area contributed by atoms with E-state index in [1.807, 2.05) is 0 Å². The molecule has 10 heteroatoms. The fourth-order valence-corrected chi connectivity index (χ4v) is 4.15. The lowest BCUT2D eigenvalue weighted by Gasteiger charge is -2.25. The number of hydrogen-bond acceptors (Lipinski definition) is 7. The topological polar surface area (TPSA) is 116 Å². The number of sulfonamides is 1. The van der Waals surface area contributed by atoms with Crippen LogP contribution in [0.3, 0.4) is 0 Å². The number of ether oxygens (including phenoxy) is 2. The van der Waals surface area contributed by atoms with Gasteiger partial charge >= 0.3 is 5.97 Å². The van der Waals surface area contributed by atoms with Gasteiger partial charge in [0.2, 0.25) is 0 Å². The maximum Gasteiger partial charge on any atom is 0.326 e. The number of carbonyl (C=O) groups is 1. The van der Waals surface area contributed by atoms with Gasteiger partial charge in [0, 0.05) is 12.1 Å². The number of rotatable bonds is 7. The molecule has 0 unspecified atom stereocenters. The van der Waals surface area contributed by atoms with Crippen molar-refractivity contribution in [3.8, 4) is 5.75 Å². The molecule has 0 saturated carbocycles. The molecule has 0 aliphatic rings. The molecule has 0 N–H and O–H groups in total. The van der Waals surface area contributed by atoms with E-state index in [0.717, 1.165) is 17.5 Å². The van der Waals surface area contributed by atoms with Crippen LogP contribution in [0.1, 0.15) is 11.1 Å². The van der Waals surface area contributed by atoms with Gasteiger partial charge in [-0.05, 0) is 43.2 Å². The van der Waals surface area contributed by atoms with Crippen LogP contribution in [0.25, 0.3) is 0 Å². The maximum atomic E-state index is 13.3. The number of non-ortho nitro benzene ring substituents is 1. The number of esters is 1. The number of benzene rings is 2. The second kappa shape index (κ2) is 8.26. The average Bonchev–Trinajstić information content (AvgIpc) is 2.66. The molecule has 0 saturated heterocycles. The summed E-state index contributed by atoms with van der Waals surface area (Å²) in [5.74, 6) is -0.301. The highest BCUT2D eigenvalue weighted by Crippen LogP contribution is 2.31. The van der Waals surface area contributed by atoms with Crippen LogP contribution in [0.5, 0.6) is 5.75 Å². The Morgan fingerprint density at radius 2 is 1.79 bits per heavy atom. The Morgan fingerprint density at radius 1 is 1.11 bits per heavy atom. The second-order valence-corrected chi connectivity index (χ2v) is 7.81. The molecule has 2 aromatic rings. The minimum absolute atomic E-state index is 0.0214. The van der Waals surface area contributed by atoms with Crippen molar-refractivity contribution in [2.75, 3.05) is 25.1 Å². The highest BCUT2D eigenvalue weighted by atomic mass is 32.2. The van der Waals surface area contributed by atoms with Crippen LogP contribution >= 0.6 is 0 Å². The minimum Gasteiger partial charge on any atom is -0.496 e. The number of anilines is 1. The molecule has 0 aromatic heterocycles. The Labute approximate surface area is 162 Å². The Morgan fingerprint density at radius 3 is 2.32 bits per heavy atom. The number of methoxy groups -OCH3 is 2. The molecule has 0 aliphatic heterocycles. The zero-order chi connectivity index (χ0) is 21.1. The number of carbonyl (C=O) groups excluding carboxylic acids is 1. The zero-order valence-corrected chi connectivity index (χ0v) is 16.6.